The highest BCUT2D eigenvalue weighted by molar-refractivity contribution is 5.88. The number of fused-ring (bicyclic) bond motifs is 1. The van der Waals surface area contributed by atoms with Crippen molar-refractivity contribution in [2.75, 3.05) is 0 Å². The molecule has 0 fully saturated rings. The van der Waals surface area contributed by atoms with Crippen molar-refractivity contribution in [2.24, 2.45) is 5.73 Å². The van der Waals surface area contributed by atoms with Gasteiger partial charge >= 0.3 is 5.97 Å². The van der Waals surface area contributed by atoms with Crippen LogP contribution in [0.15, 0.2) is 18.2 Å². The van der Waals surface area contributed by atoms with E-state index in [1.165, 1.54) is 5.56 Å². The molecule has 0 spiro atoms. The molecule has 0 aliphatic heterocycles. The molecule has 3 N–H and O–H groups in total. The minimum absolute atomic E-state index is 0.0121. The van der Waals surface area contributed by atoms with Crippen LogP contribution in [0.2, 0.25) is 0 Å². The molecule has 0 saturated carbocycles. The second-order valence-corrected chi connectivity index (χ2v) is 3.72. The van der Waals surface area contributed by atoms with Gasteiger partial charge in [-0.3, -0.25) is 0 Å². The minimum Gasteiger partial charge on any atom is -0.478 e. The predicted molar refractivity (Wildman–Crippen MR) is 53.3 cm³/mol. The van der Waals surface area contributed by atoms with Gasteiger partial charge in [0, 0.05) is 6.04 Å². The molecule has 1 aromatic rings. The Morgan fingerprint density at radius 2 is 2.29 bits per heavy atom. The standard InChI is InChI=1S/C11H13NO2/c12-10-3-1-2-7-4-5-8(11(13)14)6-9(7)10/h4-6,10H,1-3,12H2,(H,13,14). The van der Waals surface area contributed by atoms with Crippen LogP contribution in [-0.4, -0.2) is 11.1 Å². The Hall–Kier alpha value is -1.35. The number of aryl methyl sites for hydroxylation is 1. The summed E-state index contributed by atoms with van der Waals surface area (Å²) in [4.78, 5) is 10.8. The molecule has 2 rings (SSSR count). The van der Waals surface area contributed by atoms with Gasteiger partial charge in [-0.25, -0.2) is 4.79 Å². The number of aromatic carboxylic acids is 1. The quantitative estimate of drug-likeness (QED) is 0.710. The first-order valence-electron chi connectivity index (χ1n) is 4.80. The van der Waals surface area contributed by atoms with Crippen LogP contribution in [0, 0.1) is 0 Å². The van der Waals surface area contributed by atoms with Gasteiger partial charge in [-0.15, -0.1) is 0 Å². The van der Waals surface area contributed by atoms with E-state index >= 15 is 0 Å². The Morgan fingerprint density at radius 1 is 1.50 bits per heavy atom. The lowest BCUT2D eigenvalue weighted by Gasteiger charge is -2.22. The third kappa shape index (κ3) is 1.51. The van der Waals surface area contributed by atoms with Crippen LogP contribution in [0.3, 0.4) is 0 Å². The first-order chi connectivity index (χ1) is 6.68. The summed E-state index contributed by atoms with van der Waals surface area (Å²) in [6.07, 6.45) is 3.07. The van der Waals surface area contributed by atoms with Gasteiger partial charge in [0.1, 0.15) is 0 Å². The summed E-state index contributed by atoms with van der Waals surface area (Å²) in [6.45, 7) is 0. The molecule has 0 aromatic heterocycles. The number of benzene rings is 1. The zero-order chi connectivity index (χ0) is 10.1. The second kappa shape index (κ2) is 3.42. The van der Waals surface area contributed by atoms with Crippen molar-refractivity contribution in [3.63, 3.8) is 0 Å². The van der Waals surface area contributed by atoms with Crippen molar-refractivity contribution < 1.29 is 9.90 Å². The zero-order valence-corrected chi connectivity index (χ0v) is 7.86. The SMILES string of the molecule is NC1CCCc2ccc(C(=O)O)cc21. The van der Waals surface area contributed by atoms with Crippen molar-refractivity contribution in [3.8, 4) is 0 Å². The first-order valence-corrected chi connectivity index (χ1v) is 4.80. The molecule has 3 heteroatoms. The monoisotopic (exact) mass is 191 g/mol. The van der Waals surface area contributed by atoms with Gasteiger partial charge in [0.25, 0.3) is 0 Å². The van der Waals surface area contributed by atoms with Gasteiger partial charge in [0.2, 0.25) is 0 Å². The van der Waals surface area contributed by atoms with Gasteiger partial charge < -0.3 is 10.8 Å². The van der Waals surface area contributed by atoms with Gasteiger partial charge in [0.05, 0.1) is 5.56 Å². The Kier molecular flexibility index (Phi) is 2.25. The van der Waals surface area contributed by atoms with Crippen molar-refractivity contribution in [1.29, 1.82) is 0 Å². The summed E-state index contributed by atoms with van der Waals surface area (Å²) in [5, 5.41) is 8.83. The van der Waals surface area contributed by atoms with Gasteiger partial charge in [-0.2, -0.15) is 0 Å². The number of carboxylic acid groups (broad SMARTS) is 1. The van der Waals surface area contributed by atoms with Crippen LogP contribution < -0.4 is 5.73 Å². The molecular weight excluding hydrogens is 178 g/mol. The van der Waals surface area contributed by atoms with Crippen molar-refractivity contribution >= 4 is 5.97 Å². The van der Waals surface area contributed by atoms with Gasteiger partial charge in [0.15, 0.2) is 0 Å². The van der Waals surface area contributed by atoms with Crippen LogP contribution in [0.25, 0.3) is 0 Å². The number of hydrogen-bond donors (Lipinski definition) is 2. The molecule has 0 heterocycles. The molecule has 14 heavy (non-hydrogen) atoms. The van der Waals surface area contributed by atoms with E-state index in [-0.39, 0.29) is 6.04 Å². The van der Waals surface area contributed by atoms with E-state index < -0.39 is 5.97 Å². The third-order valence-electron chi connectivity index (χ3n) is 2.75. The predicted octanol–water partition coefficient (Wildman–Crippen LogP) is 1.72. The van der Waals surface area contributed by atoms with E-state index in [0.717, 1.165) is 24.8 Å². The normalized spacial score (nSPS) is 20.2. The average Bonchev–Trinajstić information content (AvgIpc) is 2.18. The van der Waals surface area contributed by atoms with Crippen molar-refractivity contribution in [2.45, 2.75) is 25.3 Å². The highest BCUT2D eigenvalue weighted by atomic mass is 16.4. The number of rotatable bonds is 1. The van der Waals surface area contributed by atoms with E-state index in [1.54, 1.807) is 12.1 Å². The molecule has 0 amide bonds. The summed E-state index contributed by atoms with van der Waals surface area (Å²) in [7, 11) is 0. The third-order valence-corrected chi connectivity index (χ3v) is 2.75. The van der Waals surface area contributed by atoms with Crippen molar-refractivity contribution in [3.05, 3.63) is 34.9 Å². The average molecular weight is 191 g/mol. The number of carbonyl (C=O) groups is 1. The summed E-state index contributed by atoms with van der Waals surface area (Å²) in [5.41, 5.74) is 8.47. The molecule has 1 aliphatic carbocycles. The zero-order valence-electron chi connectivity index (χ0n) is 7.86. The first kappa shape index (κ1) is 9.21. The molecule has 1 unspecified atom stereocenters. The molecular formula is C11H13NO2. The maximum Gasteiger partial charge on any atom is 0.335 e. The van der Waals surface area contributed by atoms with Crippen LogP contribution in [0.1, 0.15) is 40.4 Å². The van der Waals surface area contributed by atoms with Crippen LogP contribution in [-0.2, 0) is 6.42 Å². The Balaban J connectivity index is 2.45. The fourth-order valence-corrected chi connectivity index (χ4v) is 1.97. The maximum absolute atomic E-state index is 10.8. The molecule has 1 aromatic carbocycles. The lowest BCUT2D eigenvalue weighted by Crippen LogP contribution is -2.18. The van der Waals surface area contributed by atoms with Crippen LogP contribution in [0.4, 0.5) is 0 Å². The molecule has 1 atom stereocenters. The van der Waals surface area contributed by atoms with Crippen LogP contribution >= 0.6 is 0 Å². The highest BCUT2D eigenvalue weighted by Gasteiger charge is 2.18. The number of nitrogens with two attached hydrogens (primary N) is 1. The minimum atomic E-state index is -0.884. The lowest BCUT2D eigenvalue weighted by molar-refractivity contribution is 0.0696. The fourth-order valence-electron chi connectivity index (χ4n) is 1.97. The summed E-state index contributed by atoms with van der Waals surface area (Å²) < 4.78 is 0. The molecule has 0 saturated heterocycles. The highest BCUT2D eigenvalue weighted by Crippen LogP contribution is 2.28. The van der Waals surface area contributed by atoms with E-state index in [1.807, 2.05) is 6.07 Å². The van der Waals surface area contributed by atoms with E-state index in [4.69, 9.17) is 10.8 Å². The Bertz CT molecular complexity index is 374. The van der Waals surface area contributed by atoms with E-state index in [9.17, 15) is 4.79 Å². The Labute approximate surface area is 82.5 Å². The fraction of sp³-hybridized carbons (Fsp3) is 0.364. The second-order valence-electron chi connectivity index (χ2n) is 3.72. The topological polar surface area (TPSA) is 63.3 Å². The molecule has 0 bridgehead atoms. The number of hydrogen-bond acceptors (Lipinski definition) is 2. The molecule has 3 nitrogen and oxygen atoms in total. The smallest absolute Gasteiger partial charge is 0.335 e. The largest absolute Gasteiger partial charge is 0.478 e. The van der Waals surface area contributed by atoms with E-state index in [2.05, 4.69) is 0 Å². The number of carboxylic acids is 1. The molecule has 74 valence electrons. The summed E-state index contributed by atoms with van der Waals surface area (Å²) >= 11 is 0. The van der Waals surface area contributed by atoms with Gasteiger partial charge in [-0.05, 0) is 42.5 Å². The Morgan fingerprint density at radius 3 is 3.00 bits per heavy atom. The lowest BCUT2D eigenvalue weighted by atomic mass is 9.87. The summed E-state index contributed by atoms with van der Waals surface area (Å²) in [5.74, 6) is -0.884. The van der Waals surface area contributed by atoms with Crippen LogP contribution in [0.5, 0.6) is 0 Å². The van der Waals surface area contributed by atoms with Crippen molar-refractivity contribution in [1.82, 2.24) is 0 Å². The van der Waals surface area contributed by atoms with Gasteiger partial charge in [-0.1, -0.05) is 6.07 Å². The molecule has 0 radical (unpaired) electrons. The maximum atomic E-state index is 10.8. The van der Waals surface area contributed by atoms with E-state index in [0.29, 0.717) is 5.56 Å². The molecule has 1 aliphatic rings. The summed E-state index contributed by atoms with van der Waals surface area (Å²) in [6, 6.07) is 5.26.